The lowest BCUT2D eigenvalue weighted by atomic mass is 10.3. The van der Waals surface area contributed by atoms with Crippen molar-refractivity contribution in [3.63, 3.8) is 0 Å². The maximum atomic E-state index is 4.36. The Morgan fingerprint density at radius 1 is 1.40 bits per heavy atom. The summed E-state index contributed by atoms with van der Waals surface area (Å²) >= 11 is 1.86. The van der Waals surface area contributed by atoms with Gasteiger partial charge in [-0.25, -0.2) is 4.98 Å². The molecule has 1 aromatic rings. The maximum Gasteiger partial charge on any atom is 0.127 e. The molecule has 0 aromatic carbocycles. The second kappa shape index (κ2) is 6.69. The lowest BCUT2D eigenvalue weighted by molar-refractivity contribution is 0.729. The molecule has 0 bridgehead atoms. The van der Waals surface area contributed by atoms with Crippen molar-refractivity contribution in [1.82, 2.24) is 10.3 Å². The molecule has 0 spiro atoms. The number of hydrogen-bond acceptors (Lipinski definition) is 4. The fraction of sp³-hybridized carbons (Fsp3) is 0.545. The van der Waals surface area contributed by atoms with Gasteiger partial charge in [0.1, 0.15) is 5.82 Å². The molecule has 0 saturated heterocycles. The maximum absolute atomic E-state index is 4.36. The number of aromatic nitrogens is 1. The monoisotopic (exact) mass is 225 g/mol. The van der Waals surface area contributed by atoms with Gasteiger partial charge in [0.25, 0.3) is 0 Å². The summed E-state index contributed by atoms with van der Waals surface area (Å²) in [4.78, 5) is 6.36. The zero-order valence-electron chi connectivity index (χ0n) is 9.66. The van der Waals surface area contributed by atoms with E-state index in [-0.39, 0.29) is 0 Å². The summed E-state index contributed by atoms with van der Waals surface area (Å²) in [6, 6.07) is 4.17. The molecule has 3 nitrogen and oxygen atoms in total. The van der Waals surface area contributed by atoms with Gasteiger partial charge in [-0.3, -0.25) is 0 Å². The third-order valence-corrected chi connectivity index (χ3v) is 2.69. The van der Waals surface area contributed by atoms with Crippen molar-refractivity contribution in [3.05, 3.63) is 23.9 Å². The Hall–Kier alpha value is -0.740. The number of anilines is 1. The van der Waals surface area contributed by atoms with Crippen LogP contribution in [0, 0.1) is 0 Å². The van der Waals surface area contributed by atoms with Crippen LogP contribution >= 0.6 is 11.8 Å². The molecule has 4 heteroatoms. The third-order valence-electron chi connectivity index (χ3n) is 2.08. The fourth-order valence-corrected chi connectivity index (χ4v) is 1.54. The molecule has 1 N–H and O–H groups in total. The van der Waals surface area contributed by atoms with Crippen molar-refractivity contribution in [1.29, 1.82) is 0 Å². The molecule has 0 atom stereocenters. The van der Waals surface area contributed by atoms with Crippen LogP contribution in [0.3, 0.4) is 0 Å². The molecule has 1 rings (SSSR count). The minimum atomic E-state index is 0.904. The average molecular weight is 225 g/mol. The Kier molecular flexibility index (Phi) is 5.50. The molecule has 0 unspecified atom stereocenters. The standard InChI is InChI=1S/C11H19N3S/c1-14(2)11-5-4-10(9-13-11)8-12-6-7-15-3/h4-5,9,12H,6-8H2,1-3H3. The Bertz CT molecular complexity index is 272. The number of thioether (sulfide) groups is 1. The van der Waals surface area contributed by atoms with E-state index in [1.165, 1.54) is 5.56 Å². The largest absolute Gasteiger partial charge is 0.363 e. The van der Waals surface area contributed by atoms with Gasteiger partial charge in [0.2, 0.25) is 0 Å². The average Bonchev–Trinajstić information content (AvgIpc) is 2.25. The van der Waals surface area contributed by atoms with Crippen LogP contribution in [-0.4, -0.2) is 37.6 Å². The van der Waals surface area contributed by atoms with Crippen LogP contribution in [0.4, 0.5) is 5.82 Å². The highest BCUT2D eigenvalue weighted by Gasteiger charge is 1.97. The summed E-state index contributed by atoms with van der Waals surface area (Å²) in [5.74, 6) is 2.16. The number of nitrogens with one attached hydrogen (secondary N) is 1. The zero-order valence-corrected chi connectivity index (χ0v) is 10.5. The first-order valence-electron chi connectivity index (χ1n) is 5.06. The molecule has 0 amide bonds. The van der Waals surface area contributed by atoms with Gasteiger partial charge in [0.15, 0.2) is 0 Å². The minimum Gasteiger partial charge on any atom is -0.363 e. The van der Waals surface area contributed by atoms with Crippen molar-refractivity contribution in [2.75, 3.05) is 37.5 Å². The van der Waals surface area contributed by atoms with Crippen molar-refractivity contribution >= 4 is 17.6 Å². The molecule has 0 saturated carbocycles. The summed E-state index contributed by atoms with van der Waals surface area (Å²) in [6.07, 6.45) is 4.05. The van der Waals surface area contributed by atoms with Crippen molar-refractivity contribution in [2.45, 2.75) is 6.54 Å². The number of hydrogen-bond donors (Lipinski definition) is 1. The fourth-order valence-electron chi connectivity index (χ4n) is 1.19. The zero-order chi connectivity index (χ0) is 11.1. The van der Waals surface area contributed by atoms with E-state index in [4.69, 9.17) is 0 Å². The van der Waals surface area contributed by atoms with Crippen LogP contribution in [0.15, 0.2) is 18.3 Å². The van der Waals surface area contributed by atoms with Crippen LogP contribution in [0.1, 0.15) is 5.56 Å². The SMILES string of the molecule is CSCCNCc1ccc(N(C)C)nc1. The van der Waals surface area contributed by atoms with Gasteiger partial charge in [0.05, 0.1) is 0 Å². The molecule has 84 valence electrons. The highest BCUT2D eigenvalue weighted by Crippen LogP contribution is 2.07. The van der Waals surface area contributed by atoms with Gasteiger partial charge in [-0.15, -0.1) is 0 Å². The quantitative estimate of drug-likeness (QED) is 0.744. The van der Waals surface area contributed by atoms with E-state index >= 15 is 0 Å². The van der Waals surface area contributed by atoms with Crippen LogP contribution in [0.2, 0.25) is 0 Å². The topological polar surface area (TPSA) is 28.2 Å². The normalized spacial score (nSPS) is 10.3. The van der Waals surface area contributed by atoms with E-state index in [0.717, 1.165) is 24.7 Å². The number of rotatable bonds is 6. The van der Waals surface area contributed by atoms with Gasteiger partial charge in [-0.2, -0.15) is 11.8 Å². The molecular weight excluding hydrogens is 206 g/mol. The molecular formula is C11H19N3S. The molecule has 0 aliphatic rings. The van der Waals surface area contributed by atoms with E-state index in [0.29, 0.717) is 0 Å². The molecule has 1 aromatic heterocycles. The van der Waals surface area contributed by atoms with E-state index in [1.807, 2.05) is 43.0 Å². The molecule has 0 aliphatic carbocycles. The summed E-state index contributed by atoms with van der Waals surface area (Å²) in [7, 11) is 4.00. The van der Waals surface area contributed by atoms with Gasteiger partial charge in [0, 0.05) is 39.1 Å². The summed E-state index contributed by atoms with van der Waals surface area (Å²) in [5.41, 5.74) is 1.24. The minimum absolute atomic E-state index is 0.904. The van der Waals surface area contributed by atoms with Gasteiger partial charge >= 0.3 is 0 Å². The first-order valence-corrected chi connectivity index (χ1v) is 6.45. The lowest BCUT2D eigenvalue weighted by Crippen LogP contribution is -2.17. The van der Waals surface area contributed by atoms with Gasteiger partial charge in [-0.1, -0.05) is 6.07 Å². The second-order valence-electron chi connectivity index (χ2n) is 3.59. The summed E-state index contributed by atoms with van der Waals surface area (Å²) in [5, 5.41) is 3.38. The third kappa shape index (κ3) is 4.53. The Morgan fingerprint density at radius 3 is 2.73 bits per heavy atom. The van der Waals surface area contributed by atoms with Crippen LogP contribution in [0.25, 0.3) is 0 Å². The first kappa shape index (κ1) is 12.3. The van der Waals surface area contributed by atoms with E-state index in [1.54, 1.807) is 0 Å². The first-order chi connectivity index (χ1) is 7.24. The molecule has 0 radical (unpaired) electrons. The molecule has 0 aliphatic heterocycles. The predicted molar refractivity (Wildman–Crippen MR) is 68.7 cm³/mol. The smallest absolute Gasteiger partial charge is 0.127 e. The second-order valence-corrected chi connectivity index (χ2v) is 4.57. The van der Waals surface area contributed by atoms with Crippen LogP contribution < -0.4 is 10.2 Å². The van der Waals surface area contributed by atoms with E-state index in [2.05, 4.69) is 22.6 Å². The Labute approximate surface area is 96.3 Å². The molecule has 1 heterocycles. The number of pyridine rings is 1. The lowest BCUT2D eigenvalue weighted by Gasteiger charge is -2.11. The summed E-state index contributed by atoms with van der Waals surface area (Å²) < 4.78 is 0. The predicted octanol–water partition coefficient (Wildman–Crippen LogP) is 1.60. The van der Waals surface area contributed by atoms with Crippen LogP contribution in [-0.2, 0) is 6.54 Å². The highest BCUT2D eigenvalue weighted by molar-refractivity contribution is 7.98. The van der Waals surface area contributed by atoms with Crippen molar-refractivity contribution in [3.8, 4) is 0 Å². The van der Waals surface area contributed by atoms with E-state index < -0.39 is 0 Å². The Morgan fingerprint density at radius 2 is 2.20 bits per heavy atom. The van der Waals surface area contributed by atoms with Crippen LogP contribution in [0.5, 0.6) is 0 Å². The number of nitrogens with zero attached hydrogens (tertiary/aromatic N) is 2. The van der Waals surface area contributed by atoms with Gasteiger partial charge in [-0.05, 0) is 17.9 Å². The van der Waals surface area contributed by atoms with Gasteiger partial charge < -0.3 is 10.2 Å². The van der Waals surface area contributed by atoms with Crippen molar-refractivity contribution < 1.29 is 0 Å². The molecule has 15 heavy (non-hydrogen) atoms. The summed E-state index contributed by atoms with van der Waals surface area (Å²) in [6.45, 7) is 1.96. The molecule has 0 fully saturated rings. The van der Waals surface area contributed by atoms with E-state index in [9.17, 15) is 0 Å². The Balaban J connectivity index is 2.36. The van der Waals surface area contributed by atoms with Crippen molar-refractivity contribution in [2.24, 2.45) is 0 Å². The highest BCUT2D eigenvalue weighted by atomic mass is 32.2.